The number of carboxylic acid groups (broad SMARTS) is 1. The number of hydrogen-bond acceptors (Lipinski definition) is 1. The molecule has 0 bridgehead atoms. The van der Waals surface area contributed by atoms with Crippen LogP contribution < -0.4 is 0 Å². The maximum atomic E-state index is 10.3. The molecule has 1 aliphatic rings. The third kappa shape index (κ3) is 1.59. The Kier molecular flexibility index (Phi) is 1.53. The molecule has 3 heteroatoms. The molecule has 0 radical (unpaired) electrons. The second-order valence-corrected chi connectivity index (χ2v) is 2.14. The van der Waals surface area contributed by atoms with Gasteiger partial charge >= 0.3 is 6.09 Å². The quantitative estimate of drug-likeness (QED) is 0.534. The van der Waals surface area contributed by atoms with Gasteiger partial charge in [0.25, 0.3) is 0 Å². The van der Waals surface area contributed by atoms with Crippen LogP contribution in [0.25, 0.3) is 0 Å². The van der Waals surface area contributed by atoms with Gasteiger partial charge in [0, 0.05) is 14.5 Å². The molecular formula is C6H11NO2. The van der Waals surface area contributed by atoms with Gasteiger partial charge in [-0.05, 0) is 19.2 Å². The zero-order valence-corrected chi connectivity index (χ0v) is 5.21. The van der Waals surface area contributed by atoms with Gasteiger partial charge in [-0.3, -0.25) is 0 Å². The smallest absolute Gasteiger partial charge is 0.407 e. The lowest BCUT2D eigenvalue weighted by Crippen LogP contribution is -2.34. The van der Waals surface area contributed by atoms with Gasteiger partial charge in [0.05, 0.1) is 0 Å². The van der Waals surface area contributed by atoms with Crippen molar-refractivity contribution in [3.05, 3.63) is 0 Å². The maximum Gasteiger partial charge on any atom is 0.407 e. The molecule has 0 aromatic carbocycles. The summed E-state index contributed by atoms with van der Waals surface area (Å²) in [7, 11) is 0. The van der Waals surface area contributed by atoms with E-state index < -0.39 is 6.09 Å². The zero-order chi connectivity index (χ0) is 7.56. The number of hydrogen-bond donors (Lipinski definition) is 1. The second kappa shape index (κ2) is 2.71. The lowest BCUT2D eigenvalue weighted by Gasteiger charge is -2.22. The van der Waals surface area contributed by atoms with E-state index >= 15 is 0 Å². The van der Waals surface area contributed by atoms with Gasteiger partial charge in [-0.1, -0.05) is 0 Å². The third-order valence-electron chi connectivity index (χ3n) is 1.48. The molecular weight excluding hydrogens is 118 g/mol. The van der Waals surface area contributed by atoms with Crippen molar-refractivity contribution >= 4 is 6.09 Å². The predicted molar refractivity (Wildman–Crippen MR) is 33.4 cm³/mol. The van der Waals surface area contributed by atoms with E-state index in [9.17, 15) is 4.79 Å². The van der Waals surface area contributed by atoms with Gasteiger partial charge in [0.1, 0.15) is 0 Å². The van der Waals surface area contributed by atoms with Crippen LogP contribution in [0.5, 0.6) is 0 Å². The fourth-order valence-corrected chi connectivity index (χ4v) is 0.942. The normalized spacial score (nSPS) is 23.6. The number of rotatable bonds is 0. The van der Waals surface area contributed by atoms with Crippen LogP contribution in [0.2, 0.25) is 0 Å². The van der Waals surface area contributed by atoms with Crippen LogP contribution in [0.15, 0.2) is 0 Å². The summed E-state index contributed by atoms with van der Waals surface area (Å²) in [5.41, 5.74) is 0. The van der Waals surface area contributed by atoms with E-state index in [0.29, 0.717) is 25.9 Å². The minimum atomic E-state index is -0.855. The number of amides is 1. The molecule has 0 aromatic heterocycles. The maximum absolute atomic E-state index is 10.3. The van der Waals surface area contributed by atoms with Crippen LogP contribution in [0.3, 0.4) is 0 Å². The molecule has 0 saturated carbocycles. The monoisotopic (exact) mass is 130 g/mol. The highest BCUT2D eigenvalue weighted by molar-refractivity contribution is 5.64. The summed E-state index contributed by atoms with van der Waals surface area (Å²) < 4.78 is 7.28. The third-order valence-corrected chi connectivity index (χ3v) is 1.48. The summed E-state index contributed by atoms with van der Waals surface area (Å²) in [5.74, 6) is 0. The molecule has 1 N–H and O–H groups in total. The van der Waals surface area contributed by atoms with Crippen molar-refractivity contribution in [1.29, 1.82) is 0 Å². The van der Waals surface area contributed by atoms with Crippen LogP contribution in [0, 0.1) is 0 Å². The van der Waals surface area contributed by atoms with E-state index in [2.05, 4.69) is 0 Å². The number of nitrogens with zero attached hydrogens (tertiary/aromatic N) is 1. The molecule has 9 heavy (non-hydrogen) atoms. The number of likely N-dealkylation sites (tertiary alicyclic amines) is 1. The topological polar surface area (TPSA) is 40.5 Å². The van der Waals surface area contributed by atoms with Crippen LogP contribution in [-0.2, 0) is 0 Å². The first-order valence-corrected chi connectivity index (χ1v) is 3.10. The first-order valence-electron chi connectivity index (χ1n) is 3.68. The average molecular weight is 130 g/mol. The van der Waals surface area contributed by atoms with Gasteiger partial charge < -0.3 is 10.0 Å². The highest BCUT2D eigenvalue weighted by Gasteiger charge is 2.13. The van der Waals surface area contributed by atoms with E-state index in [1.165, 1.54) is 4.90 Å². The zero-order valence-electron chi connectivity index (χ0n) is 6.21. The molecule has 3 nitrogen and oxygen atoms in total. The summed E-state index contributed by atoms with van der Waals surface area (Å²) in [5, 5.41) is 8.49. The average Bonchev–Trinajstić information content (AvgIpc) is 1.88. The molecule has 52 valence electrons. The van der Waals surface area contributed by atoms with Crippen molar-refractivity contribution in [2.75, 3.05) is 13.1 Å². The summed E-state index contributed by atoms with van der Waals surface area (Å²) in [6.07, 6.45) is 0.473. The van der Waals surface area contributed by atoms with Gasteiger partial charge in [-0.25, -0.2) is 4.79 Å². The number of piperidine rings is 1. The van der Waals surface area contributed by atoms with Crippen molar-refractivity contribution in [2.45, 2.75) is 19.2 Å². The van der Waals surface area contributed by atoms with Crippen LogP contribution in [0.1, 0.15) is 20.6 Å². The number of carbonyl (C=O) groups is 1. The SMILES string of the molecule is [2H]C1CCN(C(=O)O)CC1. The van der Waals surface area contributed by atoms with E-state index in [0.717, 1.165) is 0 Å². The Morgan fingerprint density at radius 1 is 1.56 bits per heavy atom. The first-order chi connectivity index (χ1) is 4.70. The Morgan fingerprint density at radius 2 is 2.11 bits per heavy atom. The lowest BCUT2D eigenvalue weighted by atomic mass is 10.1. The van der Waals surface area contributed by atoms with Crippen molar-refractivity contribution in [2.24, 2.45) is 0 Å². The van der Waals surface area contributed by atoms with Gasteiger partial charge in [-0.2, -0.15) is 0 Å². The standard InChI is InChI=1S/C6H11NO2/c8-6(9)7-4-2-1-3-5-7/h1-5H2,(H,8,9)/i1D. The fourth-order valence-electron chi connectivity index (χ4n) is 0.942. The molecule has 0 atom stereocenters. The molecule has 1 rings (SSSR count). The largest absolute Gasteiger partial charge is 0.465 e. The fraction of sp³-hybridized carbons (Fsp3) is 0.833. The summed E-state index contributed by atoms with van der Waals surface area (Å²) in [6, 6.07) is 0. The Bertz CT molecular complexity index is 132. The Labute approximate surface area is 55.7 Å². The summed E-state index contributed by atoms with van der Waals surface area (Å²) >= 11 is 0. The summed E-state index contributed by atoms with van der Waals surface area (Å²) in [6.45, 7) is 1.06. The molecule has 1 aliphatic heterocycles. The lowest BCUT2D eigenvalue weighted by molar-refractivity contribution is 0.136. The Balaban J connectivity index is 2.33. The predicted octanol–water partition coefficient (Wildman–Crippen LogP) is 1.15. The van der Waals surface area contributed by atoms with Crippen molar-refractivity contribution in [3.8, 4) is 0 Å². The molecule has 0 unspecified atom stereocenters. The minimum absolute atomic E-state index is 0.0457. The van der Waals surface area contributed by atoms with Crippen LogP contribution in [-0.4, -0.2) is 29.2 Å². The molecule has 0 aromatic rings. The second-order valence-electron chi connectivity index (χ2n) is 2.14. The molecule has 0 spiro atoms. The van der Waals surface area contributed by atoms with Crippen LogP contribution in [0.4, 0.5) is 4.79 Å². The molecule has 1 amide bonds. The highest BCUT2D eigenvalue weighted by Crippen LogP contribution is 2.07. The van der Waals surface area contributed by atoms with Gasteiger partial charge in [0.15, 0.2) is 0 Å². The minimum Gasteiger partial charge on any atom is -0.465 e. The van der Waals surface area contributed by atoms with Crippen molar-refractivity contribution in [1.82, 2.24) is 4.90 Å². The van der Waals surface area contributed by atoms with E-state index in [-0.39, 0.29) is 6.40 Å². The van der Waals surface area contributed by atoms with E-state index in [4.69, 9.17) is 6.48 Å². The van der Waals surface area contributed by atoms with E-state index in [1.54, 1.807) is 0 Å². The van der Waals surface area contributed by atoms with E-state index in [1.807, 2.05) is 0 Å². The Hall–Kier alpha value is -0.730. The Morgan fingerprint density at radius 3 is 2.56 bits per heavy atom. The first kappa shape index (κ1) is 5.09. The molecule has 0 aliphatic carbocycles. The van der Waals surface area contributed by atoms with Crippen LogP contribution >= 0.6 is 0 Å². The highest BCUT2D eigenvalue weighted by atomic mass is 16.4. The van der Waals surface area contributed by atoms with Crippen molar-refractivity contribution in [3.63, 3.8) is 0 Å². The molecule has 1 saturated heterocycles. The van der Waals surface area contributed by atoms with Gasteiger partial charge in [0.2, 0.25) is 0 Å². The summed E-state index contributed by atoms with van der Waals surface area (Å²) in [4.78, 5) is 11.7. The van der Waals surface area contributed by atoms with Crippen molar-refractivity contribution < 1.29 is 11.3 Å². The van der Waals surface area contributed by atoms with Gasteiger partial charge in [-0.15, -0.1) is 0 Å². The molecule has 1 fully saturated rings. The molecule has 1 heterocycles.